The van der Waals surface area contributed by atoms with Crippen LogP contribution >= 0.6 is 0 Å². The first-order valence-corrected chi connectivity index (χ1v) is 10.5. The van der Waals surface area contributed by atoms with Gasteiger partial charge in [-0.15, -0.1) is 0 Å². The first-order chi connectivity index (χ1) is 11.7. The summed E-state index contributed by atoms with van der Waals surface area (Å²) in [6, 6.07) is 0. The van der Waals surface area contributed by atoms with E-state index in [2.05, 4.69) is 13.8 Å². The van der Waals surface area contributed by atoms with Gasteiger partial charge in [-0.3, -0.25) is 4.79 Å². The predicted octanol–water partition coefficient (Wildman–Crippen LogP) is 5.96. The molecule has 0 saturated carbocycles. The number of hydrogen-bond acceptors (Lipinski definition) is 2. The molecule has 1 amide bonds. The molecule has 0 saturated heterocycles. The largest absolute Gasteiger partial charge is 0.381 e. The number of unbranched alkanes of at least 4 members (excludes halogenated alkanes) is 10. The van der Waals surface area contributed by atoms with Crippen LogP contribution in [0.15, 0.2) is 0 Å². The highest BCUT2D eigenvalue weighted by Gasteiger charge is 2.07. The second-order valence-corrected chi connectivity index (χ2v) is 7.07. The Bertz CT molecular complexity index is 269. The van der Waals surface area contributed by atoms with E-state index in [9.17, 15) is 4.79 Å². The minimum absolute atomic E-state index is 0.256. The molecule has 0 heterocycles. The fraction of sp³-hybridized carbons (Fsp3) is 0.952. The molecule has 0 aromatic rings. The van der Waals surface area contributed by atoms with Gasteiger partial charge >= 0.3 is 0 Å². The lowest BCUT2D eigenvalue weighted by Gasteiger charge is -2.16. The van der Waals surface area contributed by atoms with Crippen molar-refractivity contribution < 1.29 is 9.53 Å². The molecule has 0 fully saturated rings. The summed E-state index contributed by atoms with van der Waals surface area (Å²) in [4.78, 5) is 13.7. The third-order valence-electron chi connectivity index (χ3n) is 4.59. The summed E-state index contributed by atoms with van der Waals surface area (Å²) in [5.41, 5.74) is 0. The molecule has 0 radical (unpaired) electrons. The van der Waals surface area contributed by atoms with E-state index in [1.165, 1.54) is 64.2 Å². The fourth-order valence-electron chi connectivity index (χ4n) is 2.83. The van der Waals surface area contributed by atoms with Crippen molar-refractivity contribution in [1.82, 2.24) is 4.90 Å². The van der Waals surface area contributed by atoms with Crippen LogP contribution in [0.2, 0.25) is 0 Å². The molecule has 0 unspecified atom stereocenters. The molecule has 24 heavy (non-hydrogen) atoms. The standard InChI is InChI=1S/C21H43NO2/c1-4-6-8-9-10-11-12-13-14-15-19-24-20-16-17-21(23)22(3)18-7-5-2/h4-20H2,1-3H3. The number of nitrogens with zero attached hydrogens (tertiary/aromatic N) is 1. The third-order valence-corrected chi connectivity index (χ3v) is 4.59. The van der Waals surface area contributed by atoms with Crippen LogP contribution in [-0.4, -0.2) is 37.6 Å². The Morgan fingerprint density at radius 1 is 0.708 bits per heavy atom. The number of carbonyl (C=O) groups excluding carboxylic acids is 1. The molecule has 0 spiro atoms. The van der Waals surface area contributed by atoms with Crippen molar-refractivity contribution in [2.24, 2.45) is 0 Å². The van der Waals surface area contributed by atoms with Gasteiger partial charge < -0.3 is 9.64 Å². The summed E-state index contributed by atoms with van der Waals surface area (Å²) < 4.78 is 5.65. The van der Waals surface area contributed by atoms with Gasteiger partial charge in [0.1, 0.15) is 0 Å². The maximum Gasteiger partial charge on any atom is 0.222 e. The quantitative estimate of drug-likeness (QED) is 0.288. The van der Waals surface area contributed by atoms with Crippen molar-refractivity contribution in [3.8, 4) is 0 Å². The molecule has 0 aliphatic heterocycles. The predicted molar refractivity (Wildman–Crippen MR) is 104 cm³/mol. The number of carbonyl (C=O) groups is 1. The summed E-state index contributed by atoms with van der Waals surface area (Å²) in [5.74, 6) is 0.256. The Morgan fingerprint density at radius 3 is 1.79 bits per heavy atom. The first kappa shape index (κ1) is 23.4. The Kier molecular flexibility index (Phi) is 18.3. The van der Waals surface area contributed by atoms with Gasteiger partial charge in [0.15, 0.2) is 0 Å². The Morgan fingerprint density at radius 2 is 1.21 bits per heavy atom. The summed E-state index contributed by atoms with van der Waals surface area (Å²) >= 11 is 0. The molecule has 0 aliphatic rings. The zero-order chi connectivity index (χ0) is 17.9. The lowest BCUT2D eigenvalue weighted by Crippen LogP contribution is -2.27. The monoisotopic (exact) mass is 341 g/mol. The van der Waals surface area contributed by atoms with E-state index < -0.39 is 0 Å². The summed E-state index contributed by atoms with van der Waals surface area (Å²) in [7, 11) is 1.91. The maximum absolute atomic E-state index is 11.8. The maximum atomic E-state index is 11.8. The highest BCUT2D eigenvalue weighted by molar-refractivity contribution is 5.75. The Labute approximate surface area is 151 Å². The Balaban J connectivity index is 3.18. The lowest BCUT2D eigenvalue weighted by molar-refractivity contribution is -0.130. The lowest BCUT2D eigenvalue weighted by atomic mass is 10.1. The summed E-state index contributed by atoms with van der Waals surface area (Å²) in [6.07, 6.45) is 17.3. The van der Waals surface area contributed by atoms with Crippen molar-refractivity contribution in [1.29, 1.82) is 0 Å². The number of amides is 1. The molecule has 0 N–H and O–H groups in total. The van der Waals surface area contributed by atoms with E-state index in [4.69, 9.17) is 4.74 Å². The smallest absolute Gasteiger partial charge is 0.222 e. The molecule has 3 heteroatoms. The van der Waals surface area contributed by atoms with Crippen molar-refractivity contribution >= 4 is 5.91 Å². The third kappa shape index (κ3) is 16.3. The van der Waals surface area contributed by atoms with Crippen LogP contribution in [0.3, 0.4) is 0 Å². The SMILES string of the molecule is CCCCCCCCCCCCOCCCC(=O)N(C)CCCC. The van der Waals surface area contributed by atoms with Gasteiger partial charge in [0, 0.05) is 33.2 Å². The van der Waals surface area contributed by atoms with E-state index >= 15 is 0 Å². The molecular weight excluding hydrogens is 298 g/mol. The molecule has 0 atom stereocenters. The normalized spacial score (nSPS) is 11.0. The highest BCUT2D eigenvalue weighted by Crippen LogP contribution is 2.10. The van der Waals surface area contributed by atoms with Crippen LogP contribution in [0.1, 0.15) is 104 Å². The molecule has 144 valence electrons. The van der Waals surface area contributed by atoms with Crippen LogP contribution in [0.25, 0.3) is 0 Å². The topological polar surface area (TPSA) is 29.5 Å². The number of hydrogen-bond donors (Lipinski definition) is 0. The van der Waals surface area contributed by atoms with E-state index in [0.717, 1.165) is 39.0 Å². The molecule has 0 aromatic carbocycles. The van der Waals surface area contributed by atoms with Crippen LogP contribution in [0.5, 0.6) is 0 Å². The molecular formula is C21H43NO2. The van der Waals surface area contributed by atoms with Crippen LogP contribution in [-0.2, 0) is 9.53 Å². The van der Waals surface area contributed by atoms with Gasteiger partial charge in [-0.05, 0) is 19.3 Å². The molecule has 3 nitrogen and oxygen atoms in total. The van der Waals surface area contributed by atoms with Crippen LogP contribution in [0, 0.1) is 0 Å². The minimum atomic E-state index is 0.256. The van der Waals surface area contributed by atoms with Gasteiger partial charge in [-0.1, -0.05) is 78.1 Å². The second-order valence-electron chi connectivity index (χ2n) is 7.07. The first-order valence-electron chi connectivity index (χ1n) is 10.5. The van der Waals surface area contributed by atoms with Crippen molar-refractivity contribution in [2.75, 3.05) is 26.8 Å². The highest BCUT2D eigenvalue weighted by atomic mass is 16.5. The average Bonchev–Trinajstić information content (AvgIpc) is 2.59. The zero-order valence-corrected chi connectivity index (χ0v) is 16.8. The van der Waals surface area contributed by atoms with E-state index in [0.29, 0.717) is 6.42 Å². The van der Waals surface area contributed by atoms with Crippen molar-refractivity contribution in [3.63, 3.8) is 0 Å². The second kappa shape index (κ2) is 18.8. The van der Waals surface area contributed by atoms with E-state index in [1.54, 1.807) is 0 Å². The van der Waals surface area contributed by atoms with Gasteiger partial charge in [0.05, 0.1) is 0 Å². The van der Waals surface area contributed by atoms with Crippen molar-refractivity contribution in [3.05, 3.63) is 0 Å². The molecule has 0 rings (SSSR count). The fourth-order valence-corrected chi connectivity index (χ4v) is 2.83. The molecule has 0 aromatic heterocycles. The molecule has 0 bridgehead atoms. The van der Waals surface area contributed by atoms with Gasteiger partial charge in [0.2, 0.25) is 5.91 Å². The minimum Gasteiger partial charge on any atom is -0.381 e. The van der Waals surface area contributed by atoms with E-state index in [1.807, 2.05) is 11.9 Å². The number of rotatable bonds is 18. The zero-order valence-electron chi connectivity index (χ0n) is 16.8. The van der Waals surface area contributed by atoms with Crippen LogP contribution < -0.4 is 0 Å². The van der Waals surface area contributed by atoms with Crippen LogP contribution in [0.4, 0.5) is 0 Å². The number of ether oxygens (including phenoxy) is 1. The summed E-state index contributed by atoms with van der Waals surface area (Å²) in [6.45, 7) is 6.89. The van der Waals surface area contributed by atoms with Gasteiger partial charge in [-0.2, -0.15) is 0 Å². The summed E-state index contributed by atoms with van der Waals surface area (Å²) in [5, 5.41) is 0. The van der Waals surface area contributed by atoms with Crippen molar-refractivity contribution in [2.45, 2.75) is 104 Å². The van der Waals surface area contributed by atoms with Gasteiger partial charge in [-0.25, -0.2) is 0 Å². The van der Waals surface area contributed by atoms with E-state index in [-0.39, 0.29) is 5.91 Å². The molecule has 0 aliphatic carbocycles. The Hall–Kier alpha value is -0.570. The van der Waals surface area contributed by atoms with Gasteiger partial charge in [0.25, 0.3) is 0 Å². The average molecular weight is 342 g/mol.